The van der Waals surface area contributed by atoms with E-state index in [0.29, 0.717) is 6.42 Å². The van der Waals surface area contributed by atoms with Crippen LogP contribution in [0.1, 0.15) is 77.6 Å². The van der Waals surface area contributed by atoms with Crippen LogP contribution in [0, 0.1) is 0 Å². The highest BCUT2D eigenvalue weighted by molar-refractivity contribution is 5.50. The van der Waals surface area contributed by atoms with Crippen molar-refractivity contribution in [1.82, 2.24) is 0 Å². The zero-order valence-corrected chi connectivity index (χ0v) is 10.9. The van der Waals surface area contributed by atoms with Crippen LogP contribution in [0.2, 0.25) is 0 Å². The van der Waals surface area contributed by atoms with Crippen molar-refractivity contribution >= 4 is 6.29 Å². The van der Waals surface area contributed by atoms with Gasteiger partial charge in [0.1, 0.15) is 6.29 Å². The van der Waals surface area contributed by atoms with Gasteiger partial charge in [-0.15, -0.1) is 0 Å². The first kappa shape index (κ1) is 15.6. The van der Waals surface area contributed by atoms with Crippen LogP contribution in [0.15, 0.2) is 0 Å². The molecule has 1 unspecified atom stereocenters. The molecule has 0 aliphatic heterocycles. The Kier molecular flexibility index (Phi) is 12.4. The van der Waals surface area contributed by atoms with Crippen molar-refractivity contribution in [3.63, 3.8) is 0 Å². The van der Waals surface area contributed by atoms with E-state index in [9.17, 15) is 4.79 Å². The number of carbonyl (C=O) groups excluding carboxylic acids is 1. The molecule has 0 aliphatic rings. The van der Waals surface area contributed by atoms with Gasteiger partial charge >= 0.3 is 0 Å². The van der Waals surface area contributed by atoms with Gasteiger partial charge in [-0.25, -0.2) is 0 Å². The Bertz CT molecular complexity index is 148. The maximum atomic E-state index is 10.2. The molecule has 2 N–H and O–H groups in total. The zero-order chi connectivity index (χ0) is 12.1. The van der Waals surface area contributed by atoms with Gasteiger partial charge in [0.15, 0.2) is 0 Å². The van der Waals surface area contributed by atoms with E-state index in [1.807, 2.05) is 0 Å². The van der Waals surface area contributed by atoms with Gasteiger partial charge in [0.2, 0.25) is 0 Å². The van der Waals surface area contributed by atoms with E-state index in [1.54, 1.807) is 0 Å². The number of rotatable bonds is 12. The standard InChI is InChI=1S/C14H29NO/c1-2-3-4-5-6-7-8-9-10-11-14(15)12-13-16/h13-14H,2-12,15H2,1H3. The average molecular weight is 227 g/mol. The summed E-state index contributed by atoms with van der Waals surface area (Å²) < 4.78 is 0. The normalized spacial score (nSPS) is 12.6. The molecular weight excluding hydrogens is 198 g/mol. The quantitative estimate of drug-likeness (QED) is 0.407. The van der Waals surface area contributed by atoms with Gasteiger partial charge in [0.05, 0.1) is 0 Å². The molecule has 0 aromatic rings. The minimum Gasteiger partial charge on any atom is -0.327 e. The van der Waals surface area contributed by atoms with Gasteiger partial charge in [-0.05, 0) is 6.42 Å². The molecule has 0 aromatic heterocycles. The fraction of sp³-hybridized carbons (Fsp3) is 0.929. The molecule has 1 atom stereocenters. The molecule has 2 heteroatoms. The zero-order valence-electron chi connectivity index (χ0n) is 10.9. The van der Waals surface area contributed by atoms with Crippen molar-refractivity contribution < 1.29 is 4.79 Å². The predicted octanol–water partition coefficient (Wildman–Crippen LogP) is 3.82. The van der Waals surface area contributed by atoms with Crippen molar-refractivity contribution in [1.29, 1.82) is 0 Å². The highest BCUT2D eigenvalue weighted by atomic mass is 16.1. The molecule has 2 nitrogen and oxygen atoms in total. The maximum absolute atomic E-state index is 10.2. The van der Waals surface area contributed by atoms with E-state index >= 15 is 0 Å². The number of hydrogen-bond donors (Lipinski definition) is 1. The SMILES string of the molecule is CCCCCCCCCCCC(N)CC=O. The third-order valence-corrected chi connectivity index (χ3v) is 3.08. The Morgan fingerprint density at radius 1 is 0.938 bits per heavy atom. The van der Waals surface area contributed by atoms with Crippen LogP contribution in [0.3, 0.4) is 0 Å². The van der Waals surface area contributed by atoms with Gasteiger partial charge in [0, 0.05) is 12.5 Å². The van der Waals surface area contributed by atoms with Crippen LogP contribution in [-0.2, 0) is 4.79 Å². The summed E-state index contributed by atoms with van der Waals surface area (Å²) in [5.74, 6) is 0. The molecule has 96 valence electrons. The summed E-state index contributed by atoms with van der Waals surface area (Å²) in [5, 5.41) is 0. The van der Waals surface area contributed by atoms with Crippen molar-refractivity contribution in [2.75, 3.05) is 0 Å². The van der Waals surface area contributed by atoms with Crippen LogP contribution in [0.4, 0.5) is 0 Å². The molecule has 0 aliphatic carbocycles. The summed E-state index contributed by atoms with van der Waals surface area (Å²) in [7, 11) is 0. The first-order valence-electron chi connectivity index (χ1n) is 7.00. The summed E-state index contributed by atoms with van der Waals surface area (Å²) in [6.07, 6.45) is 14.5. The first-order chi connectivity index (χ1) is 7.81. The second kappa shape index (κ2) is 12.7. The van der Waals surface area contributed by atoms with Crippen LogP contribution < -0.4 is 5.73 Å². The molecule has 0 saturated carbocycles. The molecule has 0 fully saturated rings. The largest absolute Gasteiger partial charge is 0.327 e. The second-order valence-corrected chi connectivity index (χ2v) is 4.78. The van der Waals surface area contributed by atoms with Crippen molar-refractivity contribution in [2.24, 2.45) is 5.73 Å². The third kappa shape index (κ3) is 11.7. The first-order valence-corrected chi connectivity index (χ1v) is 7.00. The van der Waals surface area contributed by atoms with E-state index in [4.69, 9.17) is 5.73 Å². The Hall–Kier alpha value is -0.370. The number of unbranched alkanes of at least 4 members (excludes halogenated alkanes) is 8. The number of hydrogen-bond acceptors (Lipinski definition) is 2. The molecule has 0 aromatic carbocycles. The summed E-state index contributed by atoms with van der Waals surface area (Å²) in [4.78, 5) is 10.2. The molecule has 0 bridgehead atoms. The highest BCUT2D eigenvalue weighted by Crippen LogP contribution is 2.11. The molecule has 0 radical (unpaired) electrons. The third-order valence-electron chi connectivity index (χ3n) is 3.08. The predicted molar refractivity (Wildman–Crippen MR) is 70.5 cm³/mol. The van der Waals surface area contributed by atoms with E-state index in [2.05, 4.69) is 6.92 Å². The lowest BCUT2D eigenvalue weighted by molar-refractivity contribution is -0.108. The fourth-order valence-corrected chi connectivity index (χ4v) is 1.96. The average Bonchev–Trinajstić information content (AvgIpc) is 2.27. The van der Waals surface area contributed by atoms with E-state index < -0.39 is 0 Å². The van der Waals surface area contributed by atoms with Crippen LogP contribution in [0.25, 0.3) is 0 Å². The highest BCUT2D eigenvalue weighted by Gasteiger charge is 2.00. The van der Waals surface area contributed by atoms with E-state index in [-0.39, 0.29) is 6.04 Å². The van der Waals surface area contributed by atoms with Gasteiger partial charge in [-0.1, -0.05) is 64.7 Å². The fourth-order valence-electron chi connectivity index (χ4n) is 1.96. The molecule has 0 saturated heterocycles. The van der Waals surface area contributed by atoms with Crippen molar-refractivity contribution in [3.8, 4) is 0 Å². The molecule has 0 heterocycles. The molecule has 0 spiro atoms. The van der Waals surface area contributed by atoms with Crippen LogP contribution >= 0.6 is 0 Å². The molecule has 0 amide bonds. The Balaban J connectivity index is 3.00. The van der Waals surface area contributed by atoms with Gasteiger partial charge in [-0.2, -0.15) is 0 Å². The maximum Gasteiger partial charge on any atom is 0.121 e. The second-order valence-electron chi connectivity index (χ2n) is 4.78. The summed E-state index contributed by atoms with van der Waals surface area (Å²) in [6.45, 7) is 2.25. The Morgan fingerprint density at radius 2 is 1.44 bits per heavy atom. The minimum absolute atomic E-state index is 0.0991. The molecule has 0 rings (SSSR count). The van der Waals surface area contributed by atoms with Gasteiger partial charge in [0.25, 0.3) is 0 Å². The topological polar surface area (TPSA) is 43.1 Å². The Labute approximate surface area is 101 Å². The van der Waals surface area contributed by atoms with Crippen molar-refractivity contribution in [2.45, 2.75) is 83.6 Å². The van der Waals surface area contributed by atoms with Gasteiger partial charge < -0.3 is 10.5 Å². The van der Waals surface area contributed by atoms with E-state index in [0.717, 1.165) is 12.7 Å². The monoisotopic (exact) mass is 227 g/mol. The van der Waals surface area contributed by atoms with Crippen molar-refractivity contribution in [3.05, 3.63) is 0 Å². The number of aldehydes is 1. The smallest absolute Gasteiger partial charge is 0.121 e. The summed E-state index contributed by atoms with van der Waals surface area (Å²) >= 11 is 0. The minimum atomic E-state index is 0.0991. The lowest BCUT2D eigenvalue weighted by Crippen LogP contribution is -2.19. The lowest BCUT2D eigenvalue weighted by Gasteiger charge is -2.07. The number of nitrogens with two attached hydrogens (primary N) is 1. The Morgan fingerprint density at radius 3 is 1.94 bits per heavy atom. The lowest BCUT2D eigenvalue weighted by atomic mass is 10.0. The van der Waals surface area contributed by atoms with Gasteiger partial charge in [-0.3, -0.25) is 0 Å². The van der Waals surface area contributed by atoms with Crippen LogP contribution in [0.5, 0.6) is 0 Å². The summed E-state index contributed by atoms with van der Waals surface area (Å²) in [6, 6.07) is 0.0991. The molecule has 16 heavy (non-hydrogen) atoms. The molecular formula is C14H29NO. The number of carbonyl (C=O) groups is 1. The van der Waals surface area contributed by atoms with E-state index in [1.165, 1.54) is 57.8 Å². The van der Waals surface area contributed by atoms with Crippen LogP contribution in [-0.4, -0.2) is 12.3 Å². The summed E-state index contributed by atoms with van der Waals surface area (Å²) in [5.41, 5.74) is 5.75.